The Hall–Kier alpha value is -1.42. The van der Waals surface area contributed by atoms with Crippen LogP contribution < -0.4 is 5.32 Å². The molecule has 102 valence electrons. The van der Waals surface area contributed by atoms with Gasteiger partial charge in [-0.25, -0.2) is 0 Å². The lowest BCUT2D eigenvalue weighted by molar-refractivity contribution is -0.253. The predicted molar refractivity (Wildman–Crippen MR) is 55.9 cm³/mol. The van der Waals surface area contributed by atoms with Crippen molar-refractivity contribution in [2.75, 3.05) is 13.2 Å². The summed E-state index contributed by atoms with van der Waals surface area (Å²) in [7, 11) is 0. The van der Waals surface area contributed by atoms with Crippen LogP contribution in [0.3, 0.4) is 0 Å². The number of nitrogens with one attached hydrogen (secondary N) is 1. The Morgan fingerprint density at radius 2 is 2.06 bits per heavy atom. The summed E-state index contributed by atoms with van der Waals surface area (Å²) in [5.74, 6) is -0.742. The maximum atomic E-state index is 11.2. The number of azide groups is 1. The van der Waals surface area contributed by atoms with Crippen LogP contribution in [0.2, 0.25) is 0 Å². The van der Waals surface area contributed by atoms with E-state index in [2.05, 4.69) is 15.3 Å². The molecule has 1 rings (SSSR count). The van der Waals surface area contributed by atoms with E-state index in [1.807, 2.05) is 0 Å². The van der Waals surface area contributed by atoms with Crippen LogP contribution in [0.4, 0.5) is 0 Å². The lowest BCUT2D eigenvalue weighted by Crippen LogP contribution is -2.64. The smallest absolute Gasteiger partial charge is 0.226 e. The van der Waals surface area contributed by atoms with Crippen LogP contribution in [0, 0.1) is 0 Å². The van der Waals surface area contributed by atoms with E-state index in [0.717, 1.165) is 0 Å². The molecule has 0 radical (unpaired) electrons. The SMILES string of the molecule is [N-]=[N+]=NCC(=O)N[C@@H]1[C@@H](O)[C@@H](O)[C@@H](CO)O[C@@H]1O. The van der Waals surface area contributed by atoms with Crippen LogP contribution >= 0.6 is 0 Å². The van der Waals surface area contributed by atoms with Gasteiger partial charge in [-0.15, -0.1) is 0 Å². The Kier molecular flexibility index (Phi) is 5.28. The van der Waals surface area contributed by atoms with Crippen LogP contribution in [0.25, 0.3) is 10.4 Å². The van der Waals surface area contributed by atoms with Gasteiger partial charge < -0.3 is 30.5 Å². The Balaban J connectivity index is 2.64. The van der Waals surface area contributed by atoms with Gasteiger partial charge in [0.25, 0.3) is 0 Å². The summed E-state index contributed by atoms with van der Waals surface area (Å²) in [5.41, 5.74) is 8.02. The van der Waals surface area contributed by atoms with Gasteiger partial charge in [0.05, 0.1) is 6.61 Å². The van der Waals surface area contributed by atoms with Crippen molar-refractivity contribution in [2.24, 2.45) is 5.11 Å². The van der Waals surface area contributed by atoms with Crippen molar-refractivity contribution in [3.63, 3.8) is 0 Å². The molecule has 1 saturated heterocycles. The number of nitrogens with zero attached hydrogens (tertiary/aromatic N) is 3. The van der Waals surface area contributed by atoms with E-state index in [4.69, 9.17) is 15.4 Å². The van der Waals surface area contributed by atoms with E-state index >= 15 is 0 Å². The largest absolute Gasteiger partial charge is 0.394 e. The van der Waals surface area contributed by atoms with Crippen LogP contribution in [-0.4, -0.2) is 70.1 Å². The normalized spacial score (nSPS) is 35.7. The third-order valence-corrected chi connectivity index (χ3v) is 2.51. The molecule has 1 aliphatic rings. The number of ether oxygens (including phenoxy) is 1. The first-order chi connectivity index (χ1) is 8.51. The van der Waals surface area contributed by atoms with Crippen molar-refractivity contribution in [1.29, 1.82) is 0 Å². The Morgan fingerprint density at radius 1 is 1.39 bits per heavy atom. The van der Waals surface area contributed by atoms with Crippen LogP contribution in [0.5, 0.6) is 0 Å². The quantitative estimate of drug-likeness (QED) is 0.208. The number of carbonyl (C=O) groups is 1. The van der Waals surface area contributed by atoms with Crippen molar-refractivity contribution >= 4 is 5.91 Å². The molecular formula is C8H14N4O6. The van der Waals surface area contributed by atoms with E-state index < -0.39 is 49.7 Å². The lowest BCUT2D eigenvalue weighted by atomic mass is 9.97. The molecule has 10 heteroatoms. The first-order valence-electron chi connectivity index (χ1n) is 5.12. The van der Waals surface area contributed by atoms with Crippen molar-refractivity contribution < 1.29 is 30.0 Å². The molecule has 0 unspecified atom stereocenters. The van der Waals surface area contributed by atoms with Gasteiger partial charge in [0.2, 0.25) is 5.91 Å². The number of aliphatic hydroxyl groups is 4. The zero-order valence-corrected chi connectivity index (χ0v) is 9.25. The summed E-state index contributed by atoms with van der Waals surface area (Å²) in [5, 5.41) is 42.7. The van der Waals surface area contributed by atoms with Gasteiger partial charge in [-0.05, 0) is 5.53 Å². The molecule has 0 aromatic rings. The third kappa shape index (κ3) is 3.29. The Labute approximate surface area is 101 Å². The molecule has 5 atom stereocenters. The third-order valence-electron chi connectivity index (χ3n) is 2.51. The molecule has 0 bridgehead atoms. The first kappa shape index (κ1) is 14.6. The first-order valence-corrected chi connectivity index (χ1v) is 5.12. The zero-order valence-electron chi connectivity index (χ0n) is 9.25. The zero-order chi connectivity index (χ0) is 13.7. The number of amides is 1. The fourth-order valence-corrected chi connectivity index (χ4v) is 1.58. The van der Waals surface area contributed by atoms with Crippen LogP contribution in [-0.2, 0) is 9.53 Å². The predicted octanol–water partition coefficient (Wildman–Crippen LogP) is -2.79. The highest BCUT2D eigenvalue weighted by atomic mass is 16.6. The number of carbonyl (C=O) groups excluding carboxylic acids is 1. The molecule has 1 heterocycles. The van der Waals surface area contributed by atoms with E-state index in [-0.39, 0.29) is 0 Å². The minimum Gasteiger partial charge on any atom is -0.394 e. The molecule has 1 fully saturated rings. The second-order valence-electron chi connectivity index (χ2n) is 3.71. The summed E-state index contributed by atoms with van der Waals surface area (Å²) >= 11 is 0. The van der Waals surface area contributed by atoms with E-state index in [0.29, 0.717) is 0 Å². The summed E-state index contributed by atoms with van der Waals surface area (Å²) in [6, 6.07) is -1.27. The number of hydrogen-bond acceptors (Lipinski definition) is 7. The molecule has 1 aliphatic heterocycles. The fourth-order valence-electron chi connectivity index (χ4n) is 1.58. The molecule has 0 spiro atoms. The molecule has 0 aromatic carbocycles. The van der Waals surface area contributed by atoms with Crippen molar-refractivity contribution in [3.8, 4) is 0 Å². The average molecular weight is 262 g/mol. The van der Waals surface area contributed by atoms with Crippen LogP contribution in [0.15, 0.2) is 5.11 Å². The molecular weight excluding hydrogens is 248 g/mol. The topological polar surface area (TPSA) is 168 Å². The number of aliphatic hydroxyl groups excluding tert-OH is 4. The monoisotopic (exact) mass is 262 g/mol. The summed E-state index contributed by atoms with van der Waals surface area (Å²) < 4.78 is 4.81. The van der Waals surface area contributed by atoms with Gasteiger partial charge in [0.1, 0.15) is 30.9 Å². The number of hydrogen-bond donors (Lipinski definition) is 5. The van der Waals surface area contributed by atoms with Crippen molar-refractivity contribution in [3.05, 3.63) is 10.4 Å². The highest BCUT2D eigenvalue weighted by Crippen LogP contribution is 2.19. The fraction of sp³-hybridized carbons (Fsp3) is 0.875. The molecule has 1 amide bonds. The Morgan fingerprint density at radius 3 is 2.61 bits per heavy atom. The molecule has 10 nitrogen and oxygen atoms in total. The van der Waals surface area contributed by atoms with E-state index in [1.165, 1.54) is 0 Å². The lowest BCUT2D eigenvalue weighted by Gasteiger charge is -2.40. The molecule has 0 aromatic heterocycles. The summed E-state index contributed by atoms with van der Waals surface area (Å²) in [6.45, 7) is -1.10. The highest BCUT2D eigenvalue weighted by Gasteiger charge is 2.44. The molecule has 0 saturated carbocycles. The van der Waals surface area contributed by atoms with Crippen LogP contribution in [0.1, 0.15) is 0 Å². The second-order valence-corrected chi connectivity index (χ2v) is 3.71. The maximum Gasteiger partial charge on any atom is 0.226 e. The van der Waals surface area contributed by atoms with Gasteiger partial charge in [-0.2, -0.15) is 0 Å². The van der Waals surface area contributed by atoms with Gasteiger partial charge in [-0.1, -0.05) is 5.11 Å². The highest BCUT2D eigenvalue weighted by molar-refractivity contribution is 5.78. The standard InChI is InChI=1S/C8H14N4O6/c9-12-10-1-4(14)11-5-7(16)6(15)3(2-13)18-8(5)17/h3,5-8,13,15-17H,1-2H2,(H,11,14)/t3-,5-,6+,7-,8+/m1/s1. The van der Waals surface area contributed by atoms with E-state index in [1.54, 1.807) is 0 Å². The van der Waals surface area contributed by atoms with Gasteiger partial charge in [0.15, 0.2) is 6.29 Å². The van der Waals surface area contributed by atoms with Gasteiger partial charge >= 0.3 is 0 Å². The summed E-state index contributed by atoms with van der Waals surface area (Å²) in [6.07, 6.45) is -5.69. The minimum atomic E-state index is -1.59. The number of rotatable bonds is 4. The molecule has 5 N–H and O–H groups in total. The Bertz CT molecular complexity index is 346. The molecule has 0 aliphatic carbocycles. The summed E-state index contributed by atoms with van der Waals surface area (Å²) in [4.78, 5) is 13.6. The minimum absolute atomic E-state index is 0.508. The average Bonchev–Trinajstić information content (AvgIpc) is 2.36. The van der Waals surface area contributed by atoms with E-state index in [9.17, 15) is 20.1 Å². The van der Waals surface area contributed by atoms with Gasteiger partial charge in [-0.3, -0.25) is 4.79 Å². The van der Waals surface area contributed by atoms with Crippen molar-refractivity contribution in [2.45, 2.75) is 30.6 Å². The second kappa shape index (κ2) is 6.50. The van der Waals surface area contributed by atoms with Crippen molar-refractivity contribution in [1.82, 2.24) is 5.32 Å². The maximum absolute atomic E-state index is 11.2. The molecule has 18 heavy (non-hydrogen) atoms. The van der Waals surface area contributed by atoms with Gasteiger partial charge in [0, 0.05) is 4.91 Å².